The number of thiocarbonyl (C=S) groups is 1. The molecule has 0 fully saturated rings. The summed E-state index contributed by atoms with van der Waals surface area (Å²) in [5, 5.41) is 3.01. The van der Waals surface area contributed by atoms with E-state index in [1.165, 1.54) is 12.0 Å². The summed E-state index contributed by atoms with van der Waals surface area (Å²) in [4.78, 5) is 0. The Labute approximate surface area is 113 Å². The first kappa shape index (κ1) is 18.5. The van der Waals surface area contributed by atoms with Gasteiger partial charge >= 0.3 is 0 Å². The molecular weight excluding hydrogens is 226 g/mol. The highest BCUT2D eigenvalue weighted by Crippen LogP contribution is 2.00. The first-order valence-electron chi connectivity index (χ1n) is 6.56. The van der Waals surface area contributed by atoms with Crippen LogP contribution in [0.5, 0.6) is 0 Å². The Balaban J connectivity index is 0. The van der Waals surface area contributed by atoms with Crippen molar-refractivity contribution in [2.24, 2.45) is 0 Å². The fourth-order valence-corrected chi connectivity index (χ4v) is 1.22. The predicted octanol–water partition coefficient (Wildman–Crippen LogP) is 4.61. The van der Waals surface area contributed by atoms with E-state index in [1.54, 1.807) is 5.49 Å². The largest absolute Gasteiger partial charge is 0.382 e. The van der Waals surface area contributed by atoms with Gasteiger partial charge in [-0.3, -0.25) is 0 Å². The van der Waals surface area contributed by atoms with Crippen LogP contribution in [-0.2, 0) is 6.42 Å². The third-order valence-corrected chi connectivity index (χ3v) is 1.88. The lowest BCUT2D eigenvalue weighted by Crippen LogP contribution is -2.11. The van der Waals surface area contributed by atoms with Crippen LogP contribution in [0.25, 0.3) is 0 Å². The zero-order chi connectivity index (χ0) is 13.4. The molecule has 0 heterocycles. The molecular formula is C15H27NS. The molecule has 1 aromatic rings. The molecule has 0 radical (unpaired) electrons. The Kier molecular flexibility index (Phi) is 19.0. The van der Waals surface area contributed by atoms with Gasteiger partial charge in [0.2, 0.25) is 0 Å². The molecule has 0 aliphatic carbocycles. The maximum atomic E-state index is 4.65. The molecule has 0 aliphatic rings. The molecule has 0 saturated heterocycles. The number of hydrogen-bond donors (Lipinski definition) is 1. The molecule has 0 aromatic heterocycles. The minimum absolute atomic E-state index is 0.971. The number of hydrogen-bond acceptors (Lipinski definition) is 1. The standard InChI is InChI=1S/C10H13NS.C3H8.C2H6/c12-9-11-8-4-7-10-5-2-1-3-6-10;1-3-2;1-2/h1-3,5-6,9H,4,7-8H2,(H,11,12);3H2,1-2H3;1-2H3. The normalized spacial score (nSPS) is 8.00. The maximum absolute atomic E-state index is 4.65. The highest BCUT2D eigenvalue weighted by Gasteiger charge is 1.89. The van der Waals surface area contributed by atoms with E-state index in [4.69, 9.17) is 0 Å². The Morgan fingerprint density at radius 1 is 1.12 bits per heavy atom. The summed E-state index contributed by atoms with van der Waals surface area (Å²) in [6.45, 7) is 9.22. The fraction of sp³-hybridized carbons (Fsp3) is 0.533. The lowest BCUT2D eigenvalue weighted by molar-refractivity contribution is 0.784. The van der Waals surface area contributed by atoms with E-state index >= 15 is 0 Å². The number of rotatable bonds is 5. The maximum Gasteiger partial charge on any atom is 0.0614 e. The summed E-state index contributed by atoms with van der Waals surface area (Å²) >= 11 is 4.65. The summed E-state index contributed by atoms with van der Waals surface area (Å²) in [6.07, 6.45) is 3.51. The van der Waals surface area contributed by atoms with E-state index in [2.05, 4.69) is 55.6 Å². The van der Waals surface area contributed by atoms with Gasteiger partial charge in [0.1, 0.15) is 0 Å². The van der Waals surface area contributed by atoms with Gasteiger partial charge in [-0.1, -0.05) is 76.7 Å². The molecule has 1 rings (SSSR count). The number of aryl methyl sites for hydroxylation is 1. The Morgan fingerprint density at radius 3 is 2.12 bits per heavy atom. The highest BCUT2D eigenvalue weighted by molar-refractivity contribution is 7.78. The molecule has 0 atom stereocenters. The first-order valence-corrected chi connectivity index (χ1v) is 7.03. The van der Waals surface area contributed by atoms with E-state index in [-0.39, 0.29) is 0 Å². The molecule has 2 heteroatoms. The van der Waals surface area contributed by atoms with Crippen LogP contribution in [0.3, 0.4) is 0 Å². The SMILES string of the molecule is CC.CCC.S=CNCCCc1ccccc1. The van der Waals surface area contributed by atoms with Crippen molar-refractivity contribution in [3.8, 4) is 0 Å². The molecule has 1 aromatic carbocycles. The summed E-state index contributed by atoms with van der Waals surface area (Å²) in [5.74, 6) is 0. The monoisotopic (exact) mass is 253 g/mol. The van der Waals surface area contributed by atoms with Crippen LogP contribution < -0.4 is 5.32 Å². The van der Waals surface area contributed by atoms with Crippen molar-refractivity contribution in [1.82, 2.24) is 5.32 Å². The fourth-order valence-electron chi connectivity index (χ4n) is 1.10. The minimum Gasteiger partial charge on any atom is -0.382 e. The van der Waals surface area contributed by atoms with Gasteiger partial charge in [0.05, 0.1) is 5.49 Å². The Morgan fingerprint density at radius 2 is 1.65 bits per heavy atom. The third-order valence-electron chi connectivity index (χ3n) is 1.71. The molecule has 0 amide bonds. The molecule has 1 N–H and O–H groups in total. The summed E-state index contributed by atoms with van der Waals surface area (Å²) in [6, 6.07) is 10.5. The lowest BCUT2D eigenvalue weighted by atomic mass is 10.1. The number of nitrogens with one attached hydrogen (secondary N) is 1. The van der Waals surface area contributed by atoms with Crippen LogP contribution in [0.2, 0.25) is 0 Å². The van der Waals surface area contributed by atoms with E-state index in [0.29, 0.717) is 0 Å². The van der Waals surface area contributed by atoms with Crippen LogP contribution in [0.15, 0.2) is 30.3 Å². The van der Waals surface area contributed by atoms with Crippen molar-refractivity contribution in [3.63, 3.8) is 0 Å². The Hall–Kier alpha value is -0.890. The van der Waals surface area contributed by atoms with Gasteiger partial charge in [-0.05, 0) is 18.4 Å². The molecule has 98 valence electrons. The van der Waals surface area contributed by atoms with Crippen molar-refractivity contribution >= 4 is 17.7 Å². The van der Waals surface area contributed by atoms with Crippen LogP contribution in [0, 0.1) is 0 Å². The van der Waals surface area contributed by atoms with E-state index in [0.717, 1.165) is 19.4 Å². The third kappa shape index (κ3) is 15.1. The van der Waals surface area contributed by atoms with Crippen LogP contribution in [0.4, 0.5) is 0 Å². The van der Waals surface area contributed by atoms with Gasteiger partial charge in [-0.25, -0.2) is 0 Å². The van der Waals surface area contributed by atoms with Gasteiger partial charge < -0.3 is 5.32 Å². The van der Waals surface area contributed by atoms with Gasteiger partial charge in [0, 0.05) is 6.54 Å². The van der Waals surface area contributed by atoms with E-state index < -0.39 is 0 Å². The summed E-state index contributed by atoms with van der Waals surface area (Å²) < 4.78 is 0. The van der Waals surface area contributed by atoms with Crippen molar-refractivity contribution in [1.29, 1.82) is 0 Å². The van der Waals surface area contributed by atoms with Crippen molar-refractivity contribution in [3.05, 3.63) is 35.9 Å². The van der Waals surface area contributed by atoms with Crippen LogP contribution in [-0.4, -0.2) is 12.0 Å². The quantitative estimate of drug-likeness (QED) is 0.607. The second kappa shape index (κ2) is 17.5. The molecule has 17 heavy (non-hydrogen) atoms. The van der Waals surface area contributed by atoms with Gasteiger partial charge in [0.25, 0.3) is 0 Å². The van der Waals surface area contributed by atoms with Crippen molar-refractivity contribution in [2.75, 3.05) is 6.54 Å². The zero-order valence-corrected chi connectivity index (χ0v) is 12.5. The van der Waals surface area contributed by atoms with Crippen LogP contribution >= 0.6 is 12.2 Å². The zero-order valence-electron chi connectivity index (χ0n) is 11.7. The second-order valence-corrected chi connectivity index (χ2v) is 3.60. The van der Waals surface area contributed by atoms with E-state index in [9.17, 15) is 0 Å². The number of benzene rings is 1. The van der Waals surface area contributed by atoms with Gasteiger partial charge in [-0.15, -0.1) is 0 Å². The van der Waals surface area contributed by atoms with Gasteiger partial charge in [0.15, 0.2) is 0 Å². The van der Waals surface area contributed by atoms with Crippen LogP contribution in [0.1, 0.15) is 46.1 Å². The average Bonchev–Trinajstić information content (AvgIpc) is 2.39. The molecule has 0 unspecified atom stereocenters. The van der Waals surface area contributed by atoms with Gasteiger partial charge in [-0.2, -0.15) is 0 Å². The molecule has 1 nitrogen and oxygen atoms in total. The predicted molar refractivity (Wildman–Crippen MR) is 83.7 cm³/mol. The first-order chi connectivity index (χ1) is 8.35. The molecule has 0 spiro atoms. The van der Waals surface area contributed by atoms with Crippen molar-refractivity contribution in [2.45, 2.75) is 47.0 Å². The molecule has 0 saturated carbocycles. The minimum atomic E-state index is 0.971. The average molecular weight is 253 g/mol. The smallest absolute Gasteiger partial charge is 0.0614 e. The second-order valence-electron chi connectivity index (χ2n) is 3.37. The molecule has 0 bridgehead atoms. The Bertz CT molecular complexity index is 234. The highest BCUT2D eigenvalue weighted by atomic mass is 32.1. The lowest BCUT2D eigenvalue weighted by Gasteiger charge is -2.00. The topological polar surface area (TPSA) is 12.0 Å². The van der Waals surface area contributed by atoms with E-state index in [1.807, 2.05) is 19.9 Å². The summed E-state index contributed by atoms with van der Waals surface area (Å²) in [7, 11) is 0. The summed E-state index contributed by atoms with van der Waals surface area (Å²) in [5.41, 5.74) is 2.97. The molecule has 0 aliphatic heterocycles. The van der Waals surface area contributed by atoms with Crippen molar-refractivity contribution < 1.29 is 0 Å².